The monoisotopic (exact) mass is 140 g/mol. The molecular formula is C7H12N2O. The number of amides is 1. The molecule has 1 rings (SSSR count). The summed E-state index contributed by atoms with van der Waals surface area (Å²) in [4.78, 5) is 16.6. The fraction of sp³-hybridized carbons (Fsp3) is 0.714. The molecule has 10 heavy (non-hydrogen) atoms. The second-order valence-corrected chi connectivity index (χ2v) is 2.78. The van der Waals surface area contributed by atoms with Crippen molar-refractivity contribution in [2.75, 3.05) is 13.6 Å². The number of hydrogen-bond acceptors (Lipinski definition) is 2. The molecule has 0 aromatic carbocycles. The van der Waals surface area contributed by atoms with Crippen LogP contribution in [0.1, 0.15) is 13.8 Å². The third kappa shape index (κ3) is 1.03. The number of carbonyl (C=O) groups excluding carboxylic acids is 1. The Balaban J connectivity index is 2.72. The standard InChI is InChI=1S/C7H12N2O/c1-5(2)7-8-4-6(10)9(7)3/h5H,4H2,1-3H3. The Bertz CT molecular complexity index is 184. The van der Waals surface area contributed by atoms with Crippen LogP contribution in [0.5, 0.6) is 0 Å². The zero-order valence-corrected chi connectivity index (χ0v) is 6.59. The van der Waals surface area contributed by atoms with E-state index in [4.69, 9.17) is 0 Å². The van der Waals surface area contributed by atoms with Gasteiger partial charge in [-0.15, -0.1) is 0 Å². The van der Waals surface area contributed by atoms with Crippen LogP contribution in [0, 0.1) is 5.92 Å². The molecule has 56 valence electrons. The molecule has 3 nitrogen and oxygen atoms in total. The number of amidine groups is 1. The lowest BCUT2D eigenvalue weighted by atomic mass is 10.2. The molecule has 3 heteroatoms. The zero-order valence-electron chi connectivity index (χ0n) is 6.59. The van der Waals surface area contributed by atoms with E-state index >= 15 is 0 Å². The molecule has 0 atom stereocenters. The second kappa shape index (κ2) is 2.40. The highest BCUT2D eigenvalue weighted by Gasteiger charge is 2.22. The fourth-order valence-corrected chi connectivity index (χ4v) is 1.06. The minimum absolute atomic E-state index is 0.101. The summed E-state index contributed by atoms with van der Waals surface area (Å²) in [5.74, 6) is 1.37. The molecule has 0 aliphatic carbocycles. The van der Waals surface area contributed by atoms with E-state index in [2.05, 4.69) is 4.99 Å². The Kier molecular flexibility index (Phi) is 1.74. The lowest BCUT2D eigenvalue weighted by molar-refractivity contribution is -0.124. The normalized spacial score (nSPS) is 18.6. The predicted octanol–water partition coefficient (Wildman–Crippen LogP) is 0.513. The SMILES string of the molecule is CC(C)C1=NCC(=O)N1C. The summed E-state index contributed by atoms with van der Waals surface area (Å²) < 4.78 is 0. The van der Waals surface area contributed by atoms with Crippen LogP contribution in [0.2, 0.25) is 0 Å². The third-order valence-corrected chi connectivity index (χ3v) is 1.61. The van der Waals surface area contributed by atoms with Crippen LogP contribution in [-0.2, 0) is 4.79 Å². The van der Waals surface area contributed by atoms with Crippen LogP contribution in [0.25, 0.3) is 0 Å². The van der Waals surface area contributed by atoms with E-state index in [1.807, 2.05) is 13.8 Å². The first kappa shape index (κ1) is 7.25. The summed E-state index contributed by atoms with van der Waals surface area (Å²) in [6, 6.07) is 0. The molecule has 0 aromatic heterocycles. The molecule has 1 aliphatic rings. The Hall–Kier alpha value is -0.860. The quantitative estimate of drug-likeness (QED) is 0.522. The first-order chi connectivity index (χ1) is 4.63. The Morgan fingerprint density at radius 2 is 2.20 bits per heavy atom. The molecule has 0 fully saturated rings. The molecule has 0 saturated heterocycles. The van der Waals surface area contributed by atoms with E-state index in [0.717, 1.165) is 5.84 Å². The maximum absolute atomic E-state index is 10.9. The van der Waals surface area contributed by atoms with Crippen molar-refractivity contribution in [3.05, 3.63) is 0 Å². The average Bonchev–Trinajstić information content (AvgIpc) is 2.14. The topological polar surface area (TPSA) is 32.7 Å². The number of aliphatic imine (C=N–C) groups is 1. The van der Waals surface area contributed by atoms with Crippen molar-refractivity contribution in [1.29, 1.82) is 0 Å². The summed E-state index contributed by atoms with van der Waals surface area (Å²) in [5, 5.41) is 0. The highest BCUT2D eigenvalue weighted by atomic mass is 16.2. The van der Waals surface area contributed by atoms with Gasteiger partial charge in [0.15, 0.2) is 0 Å². The molecule has 0 unspecified atom stereocenters. The third-order valence-electron chi connectivity index (χ3n) is 1.61. The lowest BCUT2D eigenvalue weighted by Crippen LogP contribution is -2.31. The molecule has 1 amide bonds. The average molecular weight is 140 g/mol. The van der Waals surface area contributed by atoms with Gasteiger partial charge in [0.2, 0.25) is 5.91 Å². The first-order valence-corrected chi connectivity index (χ1v) is 3.44. The second-order valence-electron chi connectivity index (χ2n) is 2.78. The van der Waals surface area contributed by atoms with Crippen molar-refractivity contribution in [3.63, 3.8) is 0 Å². The van der Waals surface area contributed by atoms with Gasteiger partial charge in [0.05, 0.1) is 0 Å². The molecule has 0 aromatic rings. The van der Waals surface area contributed by atoms with Crippen LogP contribution in [0.4, 0.5) is 0 Å². The van der Waals surface area contributed by atoms with Crippen molar-refractivity contribution in [2.45, 2.75) is 13.8 Å². The lowest BCUT2D eigenvalue weighted by Gasteiger charge is -2.14. The fourth-order valence-electron chi connectivity index (χ4n) is 1.06. The van der Waals surface area contributed by atoms with Crippen LogP contribution < -0.4 is 0 Å². The van der Waals surface area contributed by atoms with Crippen LogP contribution >= 0.6 is 0 Å². The van der Waals surface area contributed by atoms with Gasteiger partial charge in [0, 0.05) is 13.0 Å². The van der Waals surface area contributed by atoms with E-state index < -0.39 is 0 Å². The summed E-state index contributed by atoms with van der Waals surface area (Å²) in [6.07, 6.45) is 0. The first-order valence-electron chi connectivity index (χ1n) is 3.44. The van der Waals surface area contributed by atoms with Crippen molar-refractivity contribution < 1.29 is 4.79 Å². The van der Waals surface area contributed by atoms with Crippen molar-refractivity contribution in [1.82, 2.24) is 4.90 Å². The number of carbonyl (C=O) groups is 1. The van der Waals surface area contributed by atoms with Gasteiger partial charge in [-0.1, -0.05) is 13.8 Å². The summed E-state index contributed by atoms with van der Waals surface area (Å²) in [6.45, 7) is 4.41. The van der Waals surface area contributed by atoms with Crippen molar-refractivity contribution in [2.24, 2.45) is 10.9 Å². The molecule has 0 saturated carbocycles. The number of nitrogens with zero attached hydrogens (tertiary/aromatic N) is 2. The van der Waals surface area contributed by atoms with Gasteiger partial charge in [-0.05, 0) is 0 Å². The minimum atomic E-state index is 0.101. The number of rotatable bonds is 1. The Labute approximate surface area is 60.7 Å². The van der Waals surface area contributed by atoms with Crippen molar-refractivity contribution in [3.8, 4) is 0 Å². The van der Waals surface area contributed by atoms with E-state index in [1.54, 1.807) is 11.9 Å². The molecule has 0 radical (unpaired) electrons. The van der Waals surface area contributed by atoms with E-state index in [0.29, 0.717) is 12.5 Å². The smallest absolute Gasteiger partial charge is 0.249 e. The molecule has 1 heterocycles. The van der Waals surface area contributed by atoms with Gasteiger partial charge >= 0.3 is 0 Å². The summed E-state index contributed by atoms with van der Waals surface area (Å²) in [7, 11) is 1.77. The van der Waals surface area contributed by atoms with Gasteiger partial charge in [-0.3, -0.25) is 9.79 Å². The Morgan fingerprint density at radius 3 is 2.40 bits per heavy atom. The van der Waals surface area contributed by atoms with E-state index in [9.17, 15) is 4.79 Å². The minimum Gasteiger partial charge on any atom is -0.302 e. The van der Waals surface area contributed by atoms with Gasteiger partial charge in [0.1, 0.15) is 12.4 Å². The Morgan fingerprint density at radius 1 is 1.60 bits per heavy atom. The van der Waals surface area contributed by atoms with Crippen molar-refractivity contribution >= 4 is 11.7 Å². The van der Waals surface area contributed by atoms with Crippen LogP contribution in [0.3, 0.4) is 0 Å². The van der Waals surface area contributed by atoms with E-state index in [1.165, 1.54) is 0 Å². The maximum Gasteiger partial charge on any atom is 0.249 e. The highest BCUT2D eigenvalue weighted by molar-refractivity contribution is 6.04. The molecule has 0 bridgehead atoms. The largest absolute Gasteiger partial charge is 0.302 e. The maximum atomic E-state index is 10.9. The zero-order chi connectivity index (χ0) is 7.72. The summed E-state index contributed by atoms with van der Waals surface area (Å²) >= 11 is 0. The van der Waals surface area contributed by atoms with E-state index in [-0.39, 0.29) is 5.91 Å². The molecule has 0 N–H and O–H groups in total. The molecule has 1 aliphatic heterocycles. The number of hydrogen-bond donors (Lipinski definition) is 0. The van der Waals surface area contributed by atoms with Gasteiger partial charge in [-0.2, -0.15) is 0 Å². The van der Waals surface area contributed by atoms with Crippen LogP contribution in [0.15, 0.2) is 4.99 Å². The van der Waals surface area contributed by atoms with Gasteiger partial charge < -0.3 is 4.90 Å². The molecule has 0 spiro atoms. The number of likely N-dealkylation sites (N-methyl/N-ethyl adjacent to an activating group) is 1. The highest BCUT2D eigenvalue weighted by Crippen LogP contribution is 2.07. The predicted molar refractivity (Wildman–Crippen MR) is 39.9 cm³/mol. The van der Waals surface area contributed by atoms with Gasteiger partial charge in [0.25, 0.3) is 0 Å². The molecular weight excluding hydrogens is 128 g/mol. The van der Waals surface area contributed by atoms with Crippen LogP contribution in [-0.4, -0.2) is 30.2 Å². The summed E-state index contributed by atoms with van der Waals surface area (Å²) in [5.41, 5.74) is 0. The van der Waals surface area contributed by atoms with Gasteiger partial charge in [-0.25, -0.2) is 0 Å².